The first-order valence-corrected chi connectivity index (χ1v) is 11.1. The molecule has 0 unspecified atom stereocenters. The Morgan fingerprint density at radius 3 is 2.52 bits per heavy atom. The topological polar surface area (TPSA) is 86.8 Å². The highest BCUT2D eigenvalue weighted by atomic mass is 32.2. The third kappa shape index (κ3) is 3.65. The van der Waals surface area contributed by atoms with E-state index in [0.29, 0.717) is 23.5 Å². The number of carbonyl (C=O) groups is 2. The lowest BCUT2D eigenvalue weighted by Crippen LogP contribution is -2.42. The van der Waals surface area contributed by atoms with Crippen LogP contribution in [0.4, 0.5) is 11.4 Å². The van der Waals surface area contributed by atoms with Crippen LogP contribution in [0, 0.1) is 0 Å². The monoisotopic (exact) mass is 413 g/mol. The van der Waals surface area contributed by atoms with Crippen molar-refractivity contribution in [1.29, 1.82) is 0 Å². The number of anilines is 2. The molecule has 0 aliphatic carbocycles. The Balaban J connectivity index is 1.60. The molecule has 152 valence electrons. The smallest absolute Gasteiger partial charge is 0.258 e. The van der Waals surface area contributed by atoms with E-state index in [2.05, 4.69) is 5.32 Å². The van der Waals surface area contributed by atoms with Crippen LogP contribution in [0.1, 0.15) is 36.5 Å². The minimum atomic E-state index is -3.59. The van der Waals surface area contributed by atoms with Crippen LogP contribution >= 0.6 is 0 Å². The summed E-state index contributed by atoms with van der Waals surface area (Å²) in [4.78, 5) is 26.6. The molecule has 8 heteroatoms. The number of hydrogen-bond donors (Lipinski definition) is 1. The van der Waals surface area contributed by atoms with Crippen molar-refractivity contribution in [3.8, 4) is 0 Å². The van der Waals surface area contributed by atoms with Gasteiger partial charge in [-0.1, -0.05) is 18.6 Å². The second-order valence-corrected chi connectivity index (χ2v) is 9.33. The first-order valence-electron chi connectivity index (χ1n) is 9.70. The fourth-order valence-electron chi connectivity index (χ4n) is 3.90. The zero-order chi connectivity index (χ0) is 20.6. The summed E-state index contributed by atoms with van der Waals surface area (Å²) >= 11 is 0. The van der Waals surface area contributed by atoms with Crippen LogP contribution in [0.2, 0.25) is 0 Å². The van der Waals surface area contributed by atoms with Gasteiger partial charge in [-0.2, -0.15) is 4.31 Å². The summed E-state index contributed by atoms with van der Waals surface area (Å²) in [5.41, 5.74) is 1.53. The minimum Gasteiger partial charge on any atom is -0.323 e. The number of para-hydroxylation sites is 2. The molecular formula is C21H23N3O4S. The maximum atomic E-state index is 13.0. The molecule has 0 bridgehead atoms. The van der Waals surface area contributed by atoms with E-state index in [0.717, 1.165) is 19.3 Å². The molecule has 2 aliphatic heterocycles. The minimum absolute atomic E-state index is 0.0292. The van der Waals surface area contributed by atoms with E-state index in [1.165, 1.54) is 29.2 Å². The summed E-state index contributed by atoms with van der Waals surface area (Å²) in [6, 6.07) is 13.0. The molecule has 7 nitrogen and oxygen atoms in total. The summed E-state index contributed by atoms with van der Waals surface area (Å²) < 4.78 is 27.5. The molecule has 2 amide bonds. The predicted octanol–water partition coefficient (Wildman–Crippen LogP) is 2.85. The van der Waals surface area contributed by atoms with Crippen molar-refractivity contribution >= 4 is 33.2 Å². The van der Waals surface area contributed by atoms with Crippen molar-refractivity contribution in [3.05, 3.63) is 54.1 Å². The van der Waals surface area contributed by atoms with Gasteiger partial charge >= 0.3 is 0 Å². The summed E-state index contributed by atoms with van der Waals surface area (Å²) in [5, 5.41) is 2.75. The Hall–Kier alpha value is -2.71. The Labute approximate surface area is 170 Å². The van der Waals surface area contributed by atoms with Gasteiger partial charge in [0.25, 0.3) is 5.91 Å². The first kappa shape index (κ1) is 19.6. The number of sulfonamides is 1. The number of piperidine rings is 1. The molecule has 2 aromatic rings. The molecule has 2 aliphatic rings. The molecule has 1 atom stereocenters. The Bertz CT molecular complexity index is 1050. The standard InChI is InChI=1S/C21H23N3O4S/c1-15-6-4-5-13-24(15)29(27,28)17-11-9-16(10-12-17)21(26)23-14-20(25)22-18-7-2-3-8-19(18)23/h2-3,7-12,15H,4-6,13-14H2,1H3,(H,22,25)/t15-/m1/s1. The van der Waals surface area contributed by atoms with Crippen molar-refractivity contribution in [2.45, 2.75) is 37.1 Å². The third-order valence-corrected chi connectivity index (χ3v) is 7.49. The number of rotatable bonds is 3. The number of hydrogen-bond acceptors (Lipinski definition) is 4. The average Bonchev–Trinajstić information content (AvgIpc) is 2.73. The van der Waals surface area contributed by atoms with Crippen molar-refractivity contribution in [3.63, 3.8) is 0 Å². The van der Waals surface area contributed by atoms with Gasteiger partial charge in [0.2, 0.25) is 15.9 Å². The molecule has 0 radical (unpaired) electrons. The largest absolute Gasteiger partial charge is 0.323 e. The van der Waals surface area contributed by atoms with E-state index in [9.17, 15) is 18.0 Å². The number of carbonyl (C=O) groups excluding carboxylic acids is 2. The molecule has 29 heavy (non-hydrogen) atoms. The second-order valence-electron chi connectivity index (χ2n) is 7.44. The van der Waals surface area contributed by atoms with E-state index >= 15 is 0 Å². The number of fused-ring (bicyclic) bond motifs is 1. The zero-order valence-corrected chi connectivity index (χ0v) is 17.0. The van der Waals surface area contributed by atoms with Gasteiger partial charge in [-0.25, -0.2) is 8.42 Å². The quantitative estimate of drug-likeness (QED) is 0.838. The SMILES string of the molecule is C[C@@H]1CCCCN1S(=O)(=O)c1ccc(C(=O)N2CC(=O)Nc3ccccc32)cc1. The molecule has 2 aromatic carbocycles. The van der Waals surface area contributed by atoms with Crippen LogP contribution in [0.15, 0.2) is 53.4 Å². The molecule has 1 saturated heterocycles. The van der Waals surface area contributed by atoms with Crippen molar-refractivity contribution in [2.75, 3.05) is 23.3 Å². The van der Waals surface area contributed by atoms with Gasteiger partial charge in [-0.15, -0.1) is 0 Å². The highest BCUT2D eigenvalue weighted by Crippen LogP contribution is 2.30. The van der Waals surface area contributed by atoms with Gasteiger partial charge in [-0.05, 0) is 56.2 Å². The number of nitrogens with one attached hydrogen (secondary N) is 1. The van der Waals surface area contributed by atoms with Gasteiger partial charge < -0.3 is 5.32 Å². The predicted molar refractivity (Wildman–Crippen MR) is 110 cm³/mol. The molecule has 0 saturated carbocycles. The van der Waals surface area contributed by atoms with E-state index < -0.39 is 10.0 Å². The Morgan fingerprint density at radius 1 is 1.07 bits per heavy atom. The van der Waals surface area contributed by atoms with Gasteiger partial charge in [-0.3, -0.25) is 14.5 Å². The first-order chi connectivity index (χ1) is 13.9. The Morgan fingerprint density at radius 2 is 1.79 bits per heavy atom. The van der Waals surface area contributed by atoms with Crippen molar-refractivity contribution in [1.82, 2.24) is 4.31 Å². The van der Waals surface area contributed by atoms with Gasteiger partial charge in [0, 0.05) is 18.2 Å². The summed E-state index contributed by atoms with van der Waals surface area (Å²) in [6.07, 6.45) is 2.74. The maximum absolute atomic E-state index is 13.0. The summed E-state index contributed by atoms with van der Waals surface area (Å²) in [5.74, 6) is -0.613. The van der Waals surface area contributed by atoms with Crippen LogP contribution in [-0.4, -0.2) is 43.7 Å². The number of amides is 2. The molecule has 1 fully saturated rings. The van der Waals surface area contributed by atoms with Crippen LogP contribution in [0.5, 0.6) is 0 Å². The second kappa shape index (κ2) is 7.61. The summed E-state index contributed by atoms with van der Waals surface area (Å²) in [7, 11) is -3.59. The third-order valence-electron chi connectivity index (χ3n) is 5.47. The van der Waals surface area contributed by atoms with Crippen LogP contribution in [-0.2, 0) is 14.8 Å². The Kier molecular flexibility index (Phi) is 5.14. The highest BCUT2D eigenvalue weighted by molar-refractivity contribution is 7.89. The van der Waals surface area contributed by atoms with E-state index in [1.54, 1.807) is 28.6 Å². The average molecular weight is 413 g/mol. The molecular weight excluding hydrogens is 390 g/mol. The van der Waals surface area contributed by atoms with Crippen LogP contribution in [0.3, 0.4) is 0 Å². The zero-order valence-electron chi connectivity index (χ0n) is 16.2. The highest BCUT2D eigenvalue weighted by Gasteiger charge is 2.32. The number of benzene rings is 2. The van der Waals surface area contributed by atoms with Crippen molar-refractivity contribution in [2.24, 2.45) is 0 Å². The maximum Gasteiger partial charge on any atom is 0.258 e. The lowest BCUT2D eigenvalue weighted by Gasteiger charge is -2.32. The normalized spacial score (nSPS) is 20.1. The molecule has 4 rings (SSSR count). The molecule has 0 spiro atoms. The molecule has 0 aromatic heterocycles. The van der Waals surface area contributed by atoms with Gasteiger partial charge in [0.15, 0.2) is 0 Å². The lowest BCUT2D eigenvalue weighted by atomic mass is 10.1. The fourth-order valence-corrected chi connectivity index (χ4v) is 5.60. The molecule has 2 heterocycles. The van der Waals surface area contributed by atoms with Crippen LogP contribution < -0.4 is 10.2 Å². The lowest BCUT2D eigenvalue weighted by molar-refractivity contribution is -0.115. The van der Waals surface area contributed by atoms with E-state index in [1.807, 2.05) is 6.92 Å². The van der Waals surface area contributed by atoms with Gasteiger partial charge in [0.05, 0.1) is 16.3 Å². The fraction of sp³-hybridized carbons (Fsp3) is 0.333. The molecule has 1 N–H and O–H groups in total. The van der Waals surface area contributed by atoms with Gasteiger partial charge in [0.1, 0.15) is 6.54 Å². The van der Waals surface area contributed by atoms with Crippen molar-refractivity contribution < 1.29 is 18.0 Å². The van der Waals surface area contributed by atoms with Crippen LogP contribution in [0.25, 0.3) is 0 Å². The summed E-state index contributed by atoms with van der Waals surface area (Å²) in [6.45, 7) is 2.36. The van der Waals surface area contributed by atoms with E-state index in [4.69, 9.17) is 0 Å². The van der Waals surface area contributed by atoms with E-state index in [-0.39, 0.29) is 29.3 Å². The number of nitrogens with zero attached hydrogens (tertiary/aromatic N) is 2.